The summed E-state index contributed by atoms with van der Waals surface area (Å²) in [6.45, 7) is 4.27. The third-order valence-corrected chi connectivity index (χ3v) is 3.39. The summed E-state index contributed by atoms with van der Waals surface area (Å²) in [6.07, 6.45) is 1.07. The molecule has 1 rings (SSSR count). The molecule has 0 aliphatic rings. The van der Waals surface area contributed by atoms with Crippen LogP contribution in [0, 0.1) is 21.8 Å². The van der Waals surface area contributed by atoms with Crippen molar-refractivity contribution in [2.24, 2.45) is 5.92 Å². The van der Waals surface area contributed by atoms with Crippen molar-refractivity contribution in [3.8, 4) is 0 Å². The van der Waals surface area contributed by atoms with Crippen LogP contribution in [0.4, 0.5) is 10.1 Å². The zero-order valence-corrected chi connectivity index (χ0v) is 10.8. The summed E-state index contributed by atoms with van der Waals surface area (Å²) in [7, 11) is 0. The lowest BCUT2D eigenvalue weighted by molar-refractivity contribution is -0.387. The van der Waals surface area contributed by atoms with Gasteiger partial charge < -0.3 is 0 Å². The van der Waals surface area contributed by atoms with Crippen molar-refractivity contribution in [2.45, 2.75) is 26.0 Å². The van der Waals surface area contributed by atoms with Crippen LogP contribution in [-0.4, -0.2) is 10.7 Å². The van der Waals surface area contributed by atoms with E-state index in [2.05, 4.69) is 13.8 Å². The lowest BCUT2D eigenvalue weighted by Gasteiger charge is -2.05. The maximum absolute atomic E-state index is 13.7. The smallest absolute Gasteiger partial charge is 0.258 e. The molecule has 1 aromatic carbocycles. The monoisotopic (exact) mass is 257 g/mol. The van der Waals surface area contributed by atoms with Crippen LogP contribution in [0.5, 0.6) is 0 Å². The van der Waals surface area contributed by atoms with Crippen LogP contribution in [0.15, 0.2) is 18.2 Å². The number of nitrogens with zero attached hydrogens (tertiary/aromatic N) is 1. The molecule has 0 radical (unpaired) electrons. The fraction of sp³-hybridized carbons (Fsp3) is 0.500. The highest BCUT2D eigenvalue weighted by molar-refractivity contribution is 7.98. The van der Waals surface area contributed by atoms with E-state index in [1.807, 2.05) is 0 Å². The molecule has 0 aliphatic carbocycles. The molecule has 94 valence electrons. The number of nitro groups is 1. The van der Waals surface area contributed by atoms with Crippen molar-refractivity contribution >= 4 is 17.4 Å². The Kier molecular flexibility index (Phi) is 5.41. The van der Waals surface area contributed by atoms with Crippen molar-refractivity contribution < 1.29 is 9.31 Å². The van der Waals surface area contributed by atoms with Gasteiger partial charge in [-0.3, -0.25) is 10.1 Å². The highest BCUT2D eigenvalue weighted by atomic mass is 32.2. The third-order valence-electron chi connectivity index (χ3n) is 2.35. The molecule has 17 heavy (non-hydrogen) atoms. The van der Waals surface area contributed by atoms with Gasteiger partial charge in [-0.15, -0.1) is 0 Å². The van der Waals surface area contributed by atoms with Gasteiger partial charge in [-0.2, -0.15) is 16.2 Å². The van der Waals surface area contributed by atoms with Gasteiger partial charge in [-0.25, -0.2) is 0 Å². The van der Waals surface area contributed by atoms with Gasteiger partial charge in [-0.1, -0.05) is 26.0 Å². The molecule has 0 fully saturated rings. The molecule has 0 unspecified atom stereocenters. The fourth-order valence-electron chi connectivity index (χ4n) is 1.32. The largest absolute Gasteiger partial charge is 0.305 e. The summed E-state index contributed by atoms with van der Waals surface area (Å²) >= 11 is 1.61. The maximum Gasteiger partial charge on any atom is 0.305 e. The number of rotatable bonds is 6. The van der Waals surface area contributed by atoms with Gasteiger partial charge in [0.05, 0.1) is 4.92 Å². The van der Waals surface area contributed by atoms with Crippen molar-refractivity contribution in [2.75, 3.05) is 5.75 Å². The number of benzene rings is 1. The molecule has 0 saturated heterocycles. The topological polar surface area (TPSA) is 43.1 Å². The quantitative estimate of drug-likeness (QED) is 0.439. The molecule has 0 heterocycles. The summed E-state index contributed by atoms with van der Waals surface area (Å²) in [6, 6.07) is 4.32. The Hall–Kier alpha value is -1.10. The molecule has 5 heteroatoms. The molecule has 0 N–H and O–H groups in total. The van der Waals surface area contributed by atoms with E-state index in [-0.39, 0.29) is 0 Å². The minimum absolute atomic E-state index is 0.410. The first-order chi connectivity index (χ1) is 8.02. The number of hydrogen-bond acceptors (Lipinski definition) is 3. The molecule has 0 spiro atoms. The van der Waals surface area contributed by atoms with E-state index in [0.717, 1.165) is 12.2 Å². The van der Waals surface area contributed by atoms with Gasteiger partial charge in [0.1, 0.15) is 0 Å². The van der Waals surface area contributed by atoms with Crippen LogP contribution in [0.3, 0.4) is 0 Å². The van der Waals surface area contributed by atoms with Gasteiger partial charge in [0.2, 0.25) is 5.82 Å². The Morgan fingerprint density at radius 1 is 1.47 bits per heavy atom. The fourth-order valence-corrected chi connectivity index (χ4v) is 2.55. The van der Waals surface area contributed by atoms with Gasteiger partial charge in [0.15, 0.2) is 0 Å². The van der Waals surface area contributed by atoms with Crippen molar-refractivity contribution in [3.63, 3.8) is 0 Å². The predicted molar refractivity (Wildman–Crippen MR) is 68.7 cm³/mol. The molecule has 0 aromatic heterocycles. The van der Waals surface area contributed by atoms with E-state index in [1.54, 1.807) is 17.8 Å². The first kappa shape index (κ1) is 14.0. The highest BCUT2D eigenvalue weighted by Crippen LogP contribution is 2.24. The van der Waals surface area contributed by atoms with E-state index in [0.29, 0.717) is 17.2 Å². The Balaban J connectivity index is 2.59. The SMILES string of the molecule is CC(C)CCSCc1cccc([N+](=O)[O-])c1F. The Morgan fingerprint density at radius 3 is 2.76 bits per heavy atom. The average Bonchev–Trinajstić information content (AvgIpc) is 2.25. The van der Waals surface area contributed by atoms with E-state index >= 15 is 0 Å². The standard InChI is InChI=1S/C12H16FNO2S/c1-9(2)6-7-17-8-10-4-3-5-11(12(10)13)14(15)16/h3-5,9H,6-8H2,1-2H3. The van der Waals surface area contributed by atoms with Gasteiger partial charge in [-0.05, 0) is 18.1 Å². The Labute approximate surface area is 105 Å². The minimum atomic E-state index is -0.699. The van der Waals surface area contributed by atoms with Crippen LogP contribution in [0.1, 0.15) is 25.8 Å². The summed E-state index contributed by atoms with van der Waals surface area (Å²) in [5.74, 6) is 1.35. The third kappa shape index (κ3) is 4.34. The number of hydrogen-bond donors (Lipinski definition) is 0. The van der Waals surface area contributed by atoms with Crippen LogP contribution in [0.25, 0.3) is 0 Å². The van der Waals surface area contributed by atoms with E-state index in [9.17, 15) is 14.5 Å². The summed E-state index contributed by atoms with van der Waals surface area (Å²) in [5, 5.41) is 10.6. The van der Waals surface area contributed by atoms with Crippen LogP contribution < -0.4 is 0 Å². The molecule has 0 amide bonds. The van der Waals surface area contributed by atoms with Gasteiger partial charge in [0.25, 0.3) is 0 Å². The zero-order chi connectivity index (χ0) is 12.8. The Morgan fingerprint density at radius 2 is 2.18 bits per heavy atom. The second-order valence-corrected chi connectivity index (χ2v) is 5.35. The van der Waals surface area contributed by atoms with E-state index in [1.165, 1.54) is 12.1 Å². The highest BCUT2D eigenvalue weighted by Gasteiger charge is 2.16. The summed E-state index contributed by atoms with van der Waals surface area (Å²) in [5.41, 5.74) is -0.0279. The average molecular weight is 257 g/mol. The second-order valence-electron chi connectivity index (χ2n) is 4.24. The van der Waals surface area contributed by atoms with Gasteiger partial charge in [0, 0.05) is 17.4 Å². The number of thioether (sulfide) groups is 1. The molecule has 1 aromatic rings. The van der Waals surface area contributed by atoms with Crippen LogP contribution >= 0.6 is 11.8 Å². The molecular formula is C12H16FNO2S. The van der Waals surface area contributed by atoms with E-state index in [4.69, 9.17) is 0 Å². The van der Waals surface area contributed by atoms with Crippen molar-refractivity contribution in [1.29, 1.82) is 0 Å². The maximum atomic E-state index is 13.7. The first-order valence-electron chi connectivity index (χ1n) is 5.52. The summed E-state index contributed by atoms with van der Waals surface area (Å²) in [4.78, 5) is 9.87. The first-order valence-corrected chi connectivity index (χ1v) is 6.67. The zero-order valence-electron chi connectivity index (χ0n) is 9.98. The lowest BCUT2D eigenvalue weighted by Crippen LogP contribution is -1.97. The van der Waals surface area contributed by atoms with Crippen molar-refractivity contribution in [1.82, 2.24) is 0 Å². The van der Waals surface area contributed by atoms with Gasteiger partial charge >= 0.3 is 5.69 Å². The number of halogens is 1. The number of nitro benzene ring substituents is 1. The molecular weight excluding hydrogens is 241 g/mol. The normalized spacial score (nSPS) is 10.8. The molecule has 0 aliphatic heterocycles. The predicted octanol–water partition coefficient (Wildman–Crippen LogP) is 4.01. The molecule has 0 bridgehead atoms. The van der Waals surface area contributed by atoms with Crippen LogP contribution in [-0.2, 0) is 5.75 Å². The molecule has 0 atom stereocenters. The molecule has 3 nitrogen and oxygen atoms in total. The van der Waals surface area contributed by atoms with E-state index < -0.39 is 16.4 Å². The van der Waals surface area contributed by atoms with Crippen molar-refractivity contribution in [3.05, 3.63) is 39.7 Å². The second kappa shape index (κ2) is 6.59. The minimum Gasteiger partial charge on any atom is -0.258 e. The Bertz CT molecular complexity index is 396. The van der Waals surface area contributed by atoms with Crippen LogP contribution in [0.2, 0.25) is 0 Å². The molecule has 0 saturated carbocycles. The lowest BCUT2D eigenvalue weighted by atomic mass is 10.2. The summed E-state index contributed by atoms with van der Waals surface area (Å²) < 4.78 is 13.7.